The second-order valence-electron chi connectivity index (χ2n) is 6.08. The summed E-state index contributed by atoms with van der Waals surface area (Å²) in [4.78, 5) is 0. The van der Waals surface area contributed by atoms with Gasteiger partial charge in [0.05, 0.1) is 0 Å². The summed E-state index contributed by atoms with van der Waals surface area (Å²) in [5, 5.41) is 4.23. The van der Waals surface area contributed by atoms with Crippen LogP contribution in [0.2, 0.25) is 5.02 Å². The summed E-state index contributed by atoms with van der Waals surface area (Å²) in [5.41, 5.74) is 4.67. The molecule has 0 aliphatic heterocycles. The summed E-state index contributed by atoms with van der Waals surface area (Å²) in [7, 11) is 0. The zero-order valence-electron chi connectivity index (χ0n) is 14.3. The zero-order valence-corrected chi connectivity index (χ0v) is 15.1. The molecule has 0 saturated heterocycles. The quantitative estimate of drug-likeness (QED) is 0.605. The van der Waals surface area contributed by atoms with E-state index in [0.717, 1.165) is 35.0 Å². The van der Waals surface area contributed by atoms with Crippen LogP contribution in [0.4, 0.5) is 0 Å². The topological polar surface area (TPSA) is 21.3 Å². The van der Waals surface area contributed by atoms with Crippen molar-refractivity contribution in [2.24, 2.45) is 0 Å². The van der Waals surface area contributed by atoms with Gasteiger partial charge in [0.15, 0.2) is 0 Å². The second kappa shape index (κ2) is 8.70. The summed E-state index contributed by atoms with van der Waals surface area (Å²) in [6.45, 7) is 4.12. The lowest BCUT2D eigenvalue weighted by Gasteiger charge is -2.13. The molecule has 3 heteroatoms. The highest BCUT2D eigenvalue weighted by Gasteiger charge is 2.04. The van der Waals surface area contributed by atoms with Crippen LogP contribution in [0.25, 0.3) is 0 Å². The van der Waals surface area contributed by atoms with Crippen molar-refractivity contribution in [1.82, 2.24) is 5.32 Å². The van der Waals surface area contributed by atoms with E-state index >= 15 is 0 Å². The maximum atomic E-state index is 6.20. The third kappa shape index (κ3) is 5.09. The number of aryl methyl sites for hydroxylation is 1. The molecule has 0 fully saturated rings. The fraction of sp³-hybridized carbons (Fsp3) is 0.182. The molecule has 1 N–H and O–H groups in total. The van der Waals surface area contributed by atoms with Crippen molar-refractivity contribution in [1.29, 1.82) is 0 Å². The molecule has 0 heterocycles. The summed E-state index contributed by atoms with van der Waals surface area (Å²) >= 11 is 6.20. The lowest BCUT2D eigenvalue weighted by molar-refractivity contribution is 0.302. The maximum Gasteiger partial charge on any atom is 0.124 e. The molecule has 0 saturated carbocycles. The maximum absolute atomic E-state index is 6.20. The molecular formula is C22H22ClNO. The number of halogens is 1. The highest BCUT2D eigenvalue weighted by molar-refractivity contribution is 6.31. The summed E-state index contributed by atoms with van der Waals surface area (Å²) in [6, 6.07) is 24.5. The molecule has 0 amide bonds. The third-order valence-corrected chi connectivity index (χ3v) is 4.45. The van der Waals surface area contributed by atoms with Gasteiger partial charge in [0.1, 0.15) is 12.4 Å². The Labute approximate surface area is 154 Å². The van der Waals surface area contributed by atoms with Crippen LogP contribution >= 0.6 is 11.6 Å². The third-order valence-electron chi connectivity index (χ3n) is 4.08. The van der Waals surface area contributed by atoms with Crippen molar-refractivity contribution in [3.8, 4) is 5.75 Å². The summed E-state index contributed by atoms with van der Waals surface area (Å²) in [5.74, 6) is 0.912. The number of rotatable bonds is 7. The molecule has 3 rings (SSSR count). The average molecular weight is 352 g/mol. The van der Waals surface area contributed by atoms with Crippen LogP contribution in [-0.2, 0) is 19.7 Å². The largest absolute Gasteiger partial charge is 0.489 e. The van der Waals surface area contributed by atoms with Gasteiger partial charge in [-0.2, -0.15) is 0 Å². The zero-order chi connectivity index (χ0) is 17.5. The van der Waals surface area contributed by atoms with Crippen LogP contribution in [0.5, 0.6) is 5.75 Å². The molecule has 2 nitrogen and oxygen atoms in total. The van der Waals surface area contributed by atoms with Crippen molar-refractivity contribution in [3.63, 3.8) is 0 Å². The molecular weight excluding hydrogens is 330 g/mol. The van der Waals surface area contributed by atoms with E-state index in [1.165, 1.54) is 11.1 Å². The normalized spacial score (nSPS) is 10.6. The van der Waals surface area contributed by atoms with E-state index in [2.05, 4.69) is 42.6 Å². The molecule has 0 unspecified atom stereocenters. The number of para-hydroxylation sites is 1. The first kappa shape index (κ1) is 17.5. The standard InChI is InChI=1S/C22H22ClNO/c1-17-10-12-18(13-11-17)16-25-22-9-5-3-7-20(22)15-24-14-19-6-2-4-8-21(19)23/h2-13,24H,14-16H2,1H3. The lowest BCUT2D eigenvalue weighted by atomic mass is 10.1. The number of hydrogen-bond donors (Lipinski definition) is 1. The van der Waals surface area contributed by atoms with Gasteiger partial charge in [-0.05, 0) is 30.2 Å². The van der Waals surface area contributed by atoms with Gasteiger partial charge in [0.25, 0.3) is 0 Å². The molecule has 25 heavy (non-hydrogen) atoms. The number of nitrogens with one attached hydrogen (secondary N) is 1. The van der Waals surface area contributed by atoms with Crippen molar-refractivity contribution in [3.05, 3.63) is 100 Å². The van der Waals surface area contributed by atoms with Crippen LogP contribution in [0.1, 0.15) is 22.3 Å². The fourth-order valence-corrected chi connectivity index (χ4v) is 2.81. The van der Waals surface area contributed by atoms with E-state index in [-0.39, 0.29) is 0 Å². The fourth-order valence-electron chi connectivity index (χ4n) is 2.61. The van der Waals surface area contributed by atoms with E-state index in [0.29, 0.717) is 6.61 Å². The number of hydrogen-bond acceptors (Lipinski definition) is 2. The molecule has 0 bridgehead atoms. The van der Waals surface area contributed by atoms with Gasteiger partial charge in [-0.15, -0.1) is 0 Å². The van der Waals surface area contributed by atoms with Crippen molar-refractivity contribution in [2.75, 3.05) is 0 Å². The van der Waals surface area contributed by atoms with Gasteiger partial charge in [-0.25, -0.2) is 0 Å². The molecule has 0 aliphatic rings. The van der Waals surface area contributed by atoms with Crippen molar-refractivity contribution in [2.45, 2.75) is 26.6 Å². The second-order valence-corrected chi connectivity index (χ2v) is 6.48. The van der Waals surface area contributed by atoms with Crippen LogP contribution < -0.4 is 10.1 Å². The first-order valence-electron chi connectivity index (χ1n) is 8.43. The predicted molar refractivity (Wildman–Crippen MR) is 104 cm³/mol. The van der Waals surface area contributed by atoms with E-state index in [9.17, 15) is 0 Å². The SMILES string of the molecule is Cc1ccc(COc2ccccc2CNCc2ccccc2Cl)cc1. The van der Waals surface area contributed by atoms with Crippen LogP contribution in [0, 0.1) is 6.92 Å². The average Bonchev–Trinajstić information content (AvgIpc) is 2.64. The minimum absolute atomic E-state index is 0.571. The minimum atomic E-state index is 0.571. The Balaban J connectivity index is 1.58. The molecule has 128 valence electrons. The Morgan fingerprint density at radius 1 is 0.800 bits per heavy atom. The molecule has 0 aromatic heterocycles. The molecule has 3 aromatic carbocycles. The highest BCUT2D eigenvalue weighted by atomic mass is 35.5. The Bertz CT molecular complexity index is 814. The Kier molecular flexibility index (Phi) is 6.10. The number of benzene rings is 3. The first-order chi connectivity index (χ1) is 12.2. The van der Waals surface area contributed by atoms with E-state index in [1.54, 1.807) is 0 Å². The van der Waals surface area contributed by atoms with Gasteiger partial charge in [0.2, 0.25) is 0 Å². The van der Waals surface area contributed by atoms with E-state index in [4.69, 9.17) is 16.3 Å². The van der Waals surface area contributed by atoms with Crippen LogP contribution in [-0.4, -0.2) is 0 Å². The molecule has 0 aliphatic carbocycles. The monoisotopic (exact) mass is 351 g/mol. The van der Waals surface area contributed by atoms with Gasteiger partial charge < -0.3 is 10.1 Å². The Morgan fingerprint density at radius 2 is 1.44 bits per heavy atom. The van der Waals surface area contributed by atoms with Gasteiger partial charge in [-0.3, -0.25) is 0 Å². The Hall–Kier alpha value is -2.29. The Morgan fingerprint density at radius 3 is 2.20 bits per heavy atom. The van der Waals surface area contributed by atoms with Gasteiger partial charge in [0, 0.05) is 23.7 Å². The van der Waals surface area contributed by atoms with Gasteiger partial charge in [-0.1, -0.05) is 77.8 Å². The van der Waals surface area contributed by atoms with Gasteiger partial charge >= 0.3 is 0 Å². The lowest BCUT2D eigenvalue weighted by Crippen LogP contribution is -2.14. The molecule has 0 radical (unpaired) electrons. The molecule has 3 aromatic rings. The first-order valence-corrected chi connectivity index (χ1v) is 8.80. The minimum Gasteiger partial charge on any atom is -0.489 e. The van der Waals surface area contributed by atoms with Crippen LogP contribution in [0.15, 0.2) is 72.8 Å². The van der Waals surface area contributed by atoms with E-state index in [1.807, 2.05) is 42.5 Å². The van der Waals surface area contributed by atoms with Crippen molar-refractivity contribution < 1.29 is 4.74 Å². The molecule has 0 spiro atoms. The summed E-state index contributed by atoms with van der Waals surface area (Å²) in [6.07, 6.45) is 0. The van der Waals surface area contributed by atoms with Crippen LogP contribution in [0.3, 0.4) is 0 Å². The predicted octanol–water partition coefficient (Wildman–Crippen LogP) is 5.52. The number of ether oxygens (including phenoxy) is 1. The van der Waals surface area contributed by atoms with Crippen molar-refractivity contribution >= 4 is 11.6 Å². The smallest absolute Gasteiger partial charge is 0.124 e. The molecule has 0 atom stereocenters. The summed E-state index contributed by atoms with van der Waals surface area (Å²) < 4.78 is 6.02. The highest BCUT2D eigenvalue weighted by Crippen LogP contribution is 2.20. The van der Waals surface area contributed by atoms with E-state index < -0.39 is 0 Å².